The van der Waals surface area contributed by atoms with Crippen LogP contribution < -0.4 is 16.2 Å². The number of ether oxygens (including phenoxy) is 1. The molecule has 5 aromatic rings. The van der Waals surface area contributed by atoms with Crippen molar-refractivity contribution in [1.82, 2.24) is 29.5 Å². The minimum Gasteiger partial charge on any atom is -0.351 e. The average Bonchev–Trinajstić information content (AvgIpc) is 3.71. The lowest BCUT2D eigenvalue weighted by atomic mass is 9.76. The molecule has 0 saturated carbocycles. The molecule has 256 valence electrons. The Balaban J connectivity index is 1.45. The Kier molecular flexibility index (Phi) is 10.2. The van der Waals surface area contributed by atoms with E-state index in [2.05, 4.69) is 62.0 Å². The fourth-order valence-electron chi connectivity index (χ4n) is 6.04. The number of benzene rings is 3. The molecule has 6 rings (SSSR count). The number of amides is 1. The zero-order valence-electron chi connectivity index (χ0n) is 27.7. The van der Waals surface area contributed by atoms with Crippen molar-refractivity contribution in [2.75, 3.05) is 26.0 Å². The molecule has 1 amide bonds. The number of carbonyl (C=O) groups excluding carboxylic acids is 1. The number of fused-ring (bicyclic) bond motifs is 1. The number of H-pyrrole nitrogens is 1. The largest absolute Gasteiger partial charge is 0.351 e. The van der Waals surface area contributed by atoms with Gasteiger partial charge in [-0.25, -0.2) is 9.65 Å². The summed E-state index contributed by atoms with van der Waals surface area (Å²) in [6, 6.07) is 30.3. The summed E-state index contributed by atoms with van der Waals surface area (Å²) in [6.07, 6.45) is 0.730. The van der Waals surface area contributed by atoms with E-state index >= 15 is 0 Å². The number of anilines is 1. The molecule has 3 aromatic carbocycles. The molecule has 1 aliphatic heterocycles. The Morgan fingerprint density at radius 1 is 1.06 bits per heavy atom. The minimum atomic E-state index is -3.14. The maximum Gasteiger partial charge on any atom is 0.280 e. The molecule has 4 unspecified atom stereocenters. The highest BCUT2D eigenvalue weighted by Crippen LogP contribution is 2.55. The number of hydrogen-bond acceptors (Lipinski definition) is 8. The van der Waals surface area contributed by atoms with E-state index in [0.717, 1.165) is 16.7 Å². The zero-order valence-corrected chi connectivity index (χ0v) is 29.4. The highest BCUT2D eigenvalue weighted by Gasteiger charge is 2.45. The first-order chi connectivity index (χ1) is 23.5. The molecule has 0 spiro atoms. The number of nitrogens with zero attached hydrogens (tertiary/aromatic N) is 4. The molecule has 49 heavy (non-hydrogen) atoms. The molecule has 0 bridgehead atoms. The van der Waals surface area contributed by atoms with Crippen LogP contribution in [0.5, 0.6) is 0 Å². The normalized spacial score (nSPS) is 19.4. The van der Waals surface area contributed by atoms with Crippen LogP contribution in [0.4, 0.5) is 5.95 Å². The number of hydrogen-bond donors (Lipinski definition) is 4. The quantitative estimate of drug-likeness (QED) is 0.0875. The Labute approximate surface area is 289 Å². The number of aromatic nitrogens is 4. The molecule has 0 aliphatic carbocycles. The lowest BCUT2D eigenvalue weighted by Gasteiger charge is -2.40. The highest BCUT2D eigenvalue weighted by molar-refractivity contribution is 7.84. The van der Waals surface area contributed by atoms with Gasteiger partial charge in [-0.1, -0.05) is 105 Å². The summed E-state index contributed by atoms with van der Waals surface area (Å²) in [5.74, 6) is -0.569. The van der Waals surface area contributed by atoms with Crippen molar-refractivity contribution in [3.63, 3.8) is 0 Å². The van der Waals surface area contributed by atoms with Crippen LogP contribution in [0.25, 0.3) is 11.2 Å². The van der Waals surface area contributed by atoms with Crippen LogP contribution in [0.3, 0.4) is 0 Å². The summed E-state index contributed by atoms with van der Waals surface area (Å²) in [5.41, 5.74) is 2.15. The predicted octanol–water partition coefficient (Wildman–Crippen LogP) is 6.29. The van der Waals surface area contributed by atoms with E-state index in [1.807, 2.05) is 54.6 Å². The summed E-state index contributed by atoms with van der Waals surface area (Å²) in [4.78, 5) is 37.0. The van der Waals surface area contributed by atoms with Crippen LogP contribution >= 0.6 is 18.0 Å². The van der Waals surface area contributed by atoms with Gasteiger partial charge in [-0.15, -0.1) is 0 Å². The first-order valence-corrected chi connectivity index (χ1v) is 18.6. The van der Waals surface area contributed by atoms with Gasteiger partial charge in [0.25, 0.3) is 5.56 Å². The Morgan fingerprint density at radius 2 is 1.61 bits per heavy atom. The van der Waals surface area contributed by atoms with Crippen LogP contribution in [0.1, 0.15) is 43.2 Å². The van der Waals surface area contributed by atoms with E-state index in [1.54, 1.807) is 37.2 Å². The first kappa shape index (κ1) is 34.7. The number of nitrogens with one attached hydrogen (secondary N) is 4. The molecule has 1 saturated heterocycles. The molecule has 4 atom stereocenters. The van der Waals surface area contributed by atoms with Crippen LogP contribution in [0.2, 0.25) is 0 Å². The van der Waals surface area contributed by atoms with Gasteiger partial charge in [0.05, 0.1) is 24.6 Å². The molecule has 1 aliphatic rings. The van der Waals surface area contributed by atoms with Gasteiger partial charge < -0.3 is 9.26 Å². The number of halogens is 1. The minimum absolute atomic E-state index is 0.0257. The highest BCUT2D eigenvalue weighted by atomic mass is 35.7. The smallest absolute Gasteiger partial charge is 0.280 e. The van der Waals surface area contributed by atoms with Crippen LogP contribution in [0.15, 0.2) is 102 Å². The van der Waals surface area contributed by atoms with Crippen LogP contribution in [0, 0.1) is 11.1 Å². The van der Waals surface area contributed by atoms with Gasteiger partial charge in [0, 0.05) is 18.4 Å². The van der Waals surface area contributed by atoms with E-state index in [4.69, 9.17) is 25.7 Å². The van der Waals surface area contributed by atoms with Gasteiger partial charge >= 0.3 is 0 Å². The molecular weight excluding hydrogens is 663 g/mol. The Hall–Kier alpha value is -4.16. The number of carbonyl (C=O) groups is 1. The van der Waals surface area contributed by atoms with Gasteiger partial charge in [0.1, 0.15) is 6.23 Å². The molecular formula is C35H40ClN8O4P. The van der Waals surface area contributed by atoms with E-state index < -0.39 is 30.2 Å². The number of imidazole rings is 1. The van der Waals surface area contributed by atoms with Crippen molar-refractivity contribution < 1.29 is 14.1 Å². The van der Waals surface area contributed by atoms with Gasteiger partial charge in [0.15, 0.2) is 11.2 Å². The third kappa shape index (κ3) is 7.12. The SMILES string of the molecule is CC(C)C(=O)Nc1nc2c(ncn2C2CC(NC(c3ccccc3)(c3ccccc3)c3ccccc3)C(COP(=N)(Cl)N(C)C)O2)c(=O)[nH]1. The second-order valence-corrected chi connectivity index (χ2v) is 15.9. The van der Waals surface area contributed by atoms with Gasteiger partial charge in [0.2, 0.25) is 18.6 Å². The fourth-order valence-corrected chi connectivity index (χ4v) is 6.79. The van der Waals surface area contributed by atoms with Gasteiger partial charge in [-0.05, 0) is 42.0 Å². The summed E-state index contributed by atoms with van der Waals surface area (Å²) >= 11 is 6.54. The number of aromatic amines is 1. The molecule has 12 nitrogen and oxygen atoms in total. The lowest BCUT2D eigenvalue weighted by Crippen LogP contribution is -2.53. The molecule has 14 heteroatoms. The summed E-state index contributed by atoms with van der Waals surface area (Å²) < 4.78 is 16.0. The lowest BCUT2D eigenvalue weighted by molar-refractivity contribution is -0.118. The first-order valence-electron chi connectivity index (χ1n) is 16.0. The van der Waals surface area contributed by atoms with E-state index in [-0.39, 0.29) is 41.6 Å². The van der Waals surface area contributed by atoms with Crippen molar-refractivity contribution >= 4 is 41.0 Å². The van der Waals surface area contributed by atoms with Crippen molar-refractivity contribution in [3.8, 4) is 0 Å². The fraction of sp³-hybridized carbons (Fsp3) is 0.314. The standard InChI is InChI=1S/C35H40ClN8O4P/c1-23(2)32(45)40-34-39-31-30(33(46)41-34)38-22-44(31)29-20-27(28(48-29)21-47-49(36,37)43(3)4)42-35(24-14-8-5-9-15-24,25-16-10-6-11-17-25)26-18-12-7-13-19-26/h5-19,22-23,27-29,37,42H,20-21H2,1-4H3,(H2,39,40,41,45,46). The van der Waals surface area contributed by atoms with Gasteiger partial charge in [-0.2, -0.15) is 4.98 Å². The molecule has 4 N–H and O–H groups in total. The molecule has 3 heterocycles. The predicted molar refractivity (Wildman–Crippen MR) is 191 cm³/mol. The Morgan fingerprint density at radius 3 is 2.12 bits per heavy atom. The second kappa shape index (κ2) is 14.4. The Bertz CT molecular complexity index is 1910. The summed E-state index contributed by atoms with van der Waals surface area (Å²) in [6.45, 7) is 0.390. The monoisotopic (exact) mass is 702 g/mol. The van der Waals surface area contributed by atoms with E-state index in [9.17, 15) is 9.59 Å². The van der Waals surface area contributed by atoms with E-state index in [1.165, 1.54) is 6.33 Å². The maximum absolute atomic E-state index is 13.0. The van der Waals surface area contributed by atoms with Gasteiger partial charge in [-0.3, -0.25) is 34.9 Å². The third-order valence-electron chi connectivity index (χ3n) is 8.69. The summed E-state index contributed by atoms with van der Waals surface area (Å²) in [5, 5.41) is 15.3. The van der Waals surface area contributed by atoms with Crippen LogP contribution in [-0.2, 0) is 19.6 Å². The zero-order chi connectivity index (χ0) is 34.8. The maximum atomic E-state index is 13.0. The molecule has 0 radical (unpaired) electrons. The molecule has 2 aromatic heterocycles. The van der Waals surface area contributed by atoms with Crippen molar-refractivity contribution in [3.05, 3.63) is 124 Å². The third-order valence-corrected chi connectivity index (χ3v) is 11.4. The van der Waals surface area contributed by atoms with E-state index in [0.29, 0.717) is 6.42 Å². The van der Waals surface area contributed by atoms with Crippen molar-refractivity contribution in [1.29, 1.82) is 5.16 Å². The second-order valence-electron chi connectivity index (χ2n) is 12.5. The topological polar surface area (TPSA) is 150 Å². The average molecular weight is 703 g/mol. The van der Waals surface area contributed by atoms with Crippen molar-refractivity contribution in [2.45, 2.75) is 44.2 Å². The molecule has 1 fully saturated rings. The number of rotatable bonds is 12. The summed E-state index contributed by atoms with van der Waals surface area (Å²) in [7, 11) is 3.42. The van der Waals surface area contributed by atoms with Crippen molar-refractivity contribution in [2.24, 2.45) is 5.92 Å². The van der Waals surface area contributed by atoms with Crippen LogP contribution in [-0.4, -0.2) is 62.9 Å².